The standard InChI is InChI=1S/C27H26F3N5O3.ClH/c1-4-5-14-35-25(38)21-16-34(24(37)20-7-6-13-33(3)23(20)36)15-12-22(21)32-26(35)31-17(2)18-8-10-19(11-9-18)27(28,29)30;/h6-11,13,17H,12,14-16H2,1-3H3,(H,31,32);1H/t17-;/m0./s1. The zero-order valence-corrected chi connectivity index (χ0v) is 22.3. The summed E-state index contributed by atoms with van der Waals surface area (Å²) in [5, 5.41) is 3.14. The van der Waals surface area contributed by atoms with Crippen molar-refractivity contribution < 1.29 is 18.0 Å². The number of fused-ring (bicyclic) bond motifs is 1. The molecule has 4 rings (SSSR count). The van der Waals surface area contributed by atoms with E-state index in [1.807, 2.05) is 0 Å². The molecule has 3 aromatic rings. The minimum absolute atomic E-state index is 0. The maximum absolute atomic E-state index is 13.5. The third-order valence-electron chi connectivity index (χ3n) is 6.45. The summed E-state index contributed by atoms with van der Waals surface area (Å²) in [6.07, 6.45) is -2.58. The van der Waals surface area contributed by atoms with Crippen LogP contribution in [0.4, 0.5) is 19.1 Å². The summed E-state index contributed by atoms with van der Waals surface area (Å²) in [7, 11) is 1.56. The summed E-state index contributed by atoms with van der Waals surface area (Å²) in [6.45, 7) is 3.68. The molecule has 1 aliphatic rings. The average molecular weight is 562 g/mol. The van der Waals surface area contributed by atoms with Crippen LogP contribution >= 0.6 is 12.4 Å². The van der Waals surface area contributed by atoms with Gasteiger partial charge >= 0.3 is 6.18 Å². The van der Waals surface area contributed by atoms with Crippen molar-refractivity contribution in [1.82, 2.24) is 19.0 Å². The van der Waals surface area contributed by atoms with E-state index in [1.165, 1.54) is 32.2 Å². The van der Waals surface area contributed by atoms with Crippen molar-refractivity contribution in [2.24, 2.45) is 7.05 Å². The lowest BCUT2D eigenvalue weighted by atomic mass is 10.0. The Morgan fingerprint density at radius 2 is 1.85 bits per heavy atom. The summed E-state index contributed by atoms with van der Waals surface area (Å²) in [4.78, 5) is 45.1. The van der Waals surface area contributed by atoms with Gasteiger partial charge in [0.15, 0.2) is 0 Å². The van der Waals surface area contributed by atoms with Gasteiger partial charge in [-0.3, -0.25) is 19.0 Å². The molecule has 0 fully saturated rings. The molecule has 8 nitrogen and oxygen atoms in total. The van der Waals surface area contributed by atoms with Gasteiger partial charge in [0.05, 0.1) is 36.0 Å². The van der Waals surface area contributed by atoms with Crippen LogP contribution in [0.25, 0.3) is 0 Å². The van der Waals surface area contributed by atoms with Crippen LogP contribution in [0.2, 0.25) is 0 Å². The molecule has 2 aromatic heterocycles. The van der Waals surface area contributed by atoms with Gasteiger partial charge in [0.25, 0.3) is 17.0 Å². The average Bonchev–Trinajstić information content (AvgIpc) is 2.89. The van der Waals surface area contributed by atoms with Gasteiger partial charge < -0.3 is 14.8 Å². The lowest BCUT2D eigenvalue weighted by molar-refractivity contribution is -0.137. The number of hydrogen-bond donors (Lipinski definition) is 1. The Kier molecular flexibility index (Phi) is 8.92. The molecule has 0 aliphatic carbocycles. The fraction of sp³-hybridized carbons (Fsp3) is 0.333. The summed E-state index contributed by atoms with van der Waals surface area (Å²) < 4.78 is 41.5. The van der Waals surface area contributed by atoms with E-state index >= 15 is 0 Å². The molecule has 1 aromatic carbocycles. The maximum Gasteiger partial charge on any atom is 0.416 e. The quantitative estimate of drug-likeness (QED) is 0.479. The number of benzene rings is 1. The molecular formula is C27H27ClF3N5O3. The zero-order valence-electron chi connectivity index (χ0n) is 21.5. The summed E-state index contributed by atoms with van der Waals surface area (Å²) in [5.74, 6) is 5.36. The van der Waals surface area contributed by atoms with Crippen molar-refractivity contribution in [2.45, 2.75) is 45.6 Å². The van der Waals surface area contributed by atoms with Crippen LogP contribution in [0.15, 0.2) is 52.2 Å². The number of carbonyl (C=O) groups excluding carboxylic acids is 1. The minimum Gasteiger partial charge on any atom is -0.349 e. The monoisotopic (exact) mass is 561 g/mol. The number of hydrogen-bond acceptors (Lipinski definition) is 5. The third kappa shape index (κ3) is 6.17. The topological polar surface area (TPSA) is 89.2 Å². The van der Waals surface area contributed by atoms with Crippen molar-refractivity contribution in [3.63, 3.8) is 0 Å². The van der Waals surface area contributed by atoms with Gasteiger partial charge in [0.1, 0.15) is 5.56 Å². The number of anilines is 1. The molecule has 3 heterocycles. The van der Waals surface area contributed by atoms with Crippen LogP contribution in [0, 0.1) is 11.8 Å². The van der Waals surface area contributed by atoms with Gasteiger partial charge in [-0.1, -0.05) is 18.1 Å². The highest BCUT2D eigenvalue weighted by Crippen LogP contribution is 2.30. The van der Waals surface area contributed by atoms with Crippen molar-refractivity contribution in [3.8, 4) is 11.8 Å². The van der Waals surface area contributed by atoms with Crippen molar-refractivity contribution >= 4 is 24.3 Å². The smallest absolute Gasteiger partial charge is 0.349 e. The Hall–Kier alpha value is -4.04. The minimum atomic E-state index is -4.43. The molecule has 1 atom stereocenters. The number of aromatic nitrogens is 3. The first-order chi connectivity index (χ1) is 18.0. The maximum atomic E-state index is 13.5. The molecule has 1 N–H and O–H groups in total. The summed E-state index contributed by atoms with van der Waals surface area (Å²) >= 11 is 0. The van der Waals surface area contributed by atoms with Crippen LogP contribution in [0.5, 0.6) is 0 Å². The van der Waals surface area contributed by atoms with E-state index in [2.05, 4.69) is 22.1 Å². The second-order valence-electron chi connectivity index (χ2n) is 8.98. The number of aryl methyl sites for hydroxylation is 1. The third-order valence-corrected chi connectivity index (χ3v) is 6.45. The highest BCUT2D eigenvalue weighted by atomic mass is 35.5. The Bertz CT molecular complexity index is 1550. The van der Waals surface area contributed by atoms with Gasteiger partial charge in [-0.15, -0.1) is 18.3 Å². The highest BCUT2D eigenvalue weighted by molar-refractivity contribution is 5.94. The second kappa shape index (κ2) is 11.8. The van der Waals surface area contributed by atoms with Crippen LogP contribution in [-0.2, 0) is 32.7 Å². The number of rotatable bonds is 5. The highest BCUT2D eigenvalue weighted by Gasteiger charge is 2.31. The largest absolute Gasteiger partial charge is 0.416 e. The first kappa shape index (κ1) is 29.5. The fourth-order valence-electron chi connectivity index (χ4n) is 4.27. The number of amides is 1. The van der Waals surface area contributed by atoms with Crippen molar-refractivity contribution in [3.05, 3.63) is 91.3 Å². The van der Waals surface area contributed by atoms with Gasteiger partial charge in [-0.05, 0) is 43.7 Å². The van der Waals surface area contributed by atoms with Crippen LogP contribution in [0.1, 0.15) is 52.6 Å². The van der Waals surface area contributed by atoms with Gasteiger partial charge in [0, 0.05) is 26.2 Å². The number of nitrogens with one attached hydrogen (secondary N) is 1. The van der Waals surface area contributed by atoms with Crippen LogP contribution in [0.3, 0.4) is 0 Å². The Morgan fingerprint density at radius 1 is 1.15 bits per heavy atom. The molecule has 1 aliphatic heterocycles. The molecule has 0 saturated heterocycles. The van der Waals surface area contributed by atoms with E-state index < -0.39 is 29.2 Å². The zero-order chi connectivity index (χ0) is 27.6. The normalized spacial score (nSPS) is 13.4. The van der Waals surface area contributed by atoms with Crippen molar-refractivity contribution in [2.75, 3.05) is 11.9 Å². The van der Waals surface area contributed by atoms with E-state index in [9.17, 15) is 27.6 Å². The number of nitrogens with zero attached hydrogens (tertiary/aromatic N) is 4. The van der Waals surface area contributed by atoms with Gasteiger partial charge in [-0.25, -0.2) is 4.98 Å². The molecule has 39 heavy (non-hydrogen) atoms. The summed E-state index contributed by atoms with van der Waals surface area (Å²) in [5.41, 5.74) is -0.0903. The lowest BCUT2D eigenvalue weighted by Gasteiger charge is -2.29. The van der Waals surface area contributed by atoms with Gasteiger partial charge in [-0.2, -0.15) is 13.2 Å². The lowest BCUT2D eigenvalue weighted by Crippen LogP contribution is -2.43. The fourth-order valence-corrected chi connectivity index (χ4v) is 4.27. The molecular weight excluding hydrogens is 535 g/mol. The second-order valence-corrected chi connectivity index (χ2v) is 8.98. The first-order valence-corrected chi connectivity index (χ1v) is 11.9. The van der Waals surface area contributed by atoms with E-state index in [0.717, 1.165) is 12.1 Å². The predicted molar refractivity (Wildman–Crippen MR) is 143 cm³/mol. The number of pyridine rings is 1. The van der Waals surface area contributed by atoms with Crippen molar-refractivity contribution in [1.29, 1.82) is 0 Å². The molecule has 0 bridgehead atoms. The Balaban J connectivity index is 0.00000420. The first-order valence-electron chi connectivity index (χ1n) is 11.9. The molecule has 0 unspecified atom stereocenters. The Labute approximate surface area is 228 Å². The Morgan fingerprint density at radius 3 is 2.49 bits per heavy atom. The molecule has 0 radical (unpaired) electrons. The molecule has 12 heteroatoms. The van der Waals surface area contributed by atoms with Crippen LogP contribution < -0.4 is 16.4 Å². The number of halogens is 4. The number of carbonyl (C=O) groups is 1. The molecule has 0 saturated carbocycles. The SMILES string of the molecule is CC#CCn1c(N[C@@H](C)c2ccc(C(F)(F)F)cc2)nc2c(c1=O)CN(C(=O)c1cccn(C)c1=O)CC2.Cl. The van der Waals surface area contributed by atoms with E-state index in [4.69, 9.17) is 0 Å². The number of alkyl halides is 3. The molecule has 1 amide bonds. The molecule has 206 valence electrons. The van der Waals surface area contributed by atoms with E-state index in [-0.39, 0.29) is 49.1 Å². The van der Waals surface area contributed by atoms with Gasteiger partial charge in [0.2, 0.25) is 5.95 Å². The predicted octanol–water partition coefficient (Wildman–Crippen LogP) is 3.78. The summed E-state index contributed by atoms with van der Waals surface area (Å²) in [6, 6.07) is 7.39. The van der Waals surface area contributed by atoms with E-state index in [1.54, 1.807) is 33.2 Å². The molecule has 0 spiro atoms. The van der Waals surface area contributed by atoms with Crippen LogP contribution in [-0.4, -0.2) is 31.5 Å². The van der Waals surface area contributed by atoms with E-state index in [0.29, 0.717) is 23.2 Å².